The third kappa shape index (κ3) is 5.40. The van der Waals surface area contributed by atoms with E-state index in [0.29, 0.717) is 44.8 Å². The van der Waals surface area contributed by atoms with Crippen molar-refractivity contribution in [2.75, 3.05) is 5.73 Å². The lowest BCUT2D eigenvalue weighted by molar-refractivity contribution is -0.121. The van der Waals surface area contributed by atoms with Crippen LogP contribution in [0.2, 0.25) is 10.0 Å². The Morgan fingerprint density at radius 3 is 2.68 bits per heavy atom. The number of nitrogen functional groups attached to an aromatic ring is 1. The fourth-order valence-electron chi connectivity index (χ4n) is 3.68. The molecule has 0 bridgehead atoms. The zero-order chi connectivity index (χ0) is 25.8. The fourth-order valence-corrected chi connectivity index (χ4v) is 4.24. The molecule has 3 aromatic carbocycles. The highest BCUT2D eigenvalue weighted by Crippen LogP contribution is 2.32. The van der Waals surface area contributed by atoms with E-state index in [1.165, 1.54) is 6.21 Å². The first-order valence-corrected chi connectivity index (χ1v) is 11.8. The van der Waals surface area contributed by atoms with Crippen LogP contribution >= 0.6 is 23.2 Å². The first-order valence-electron chi connectivity index (χ1n) is 11.0. The zero-order valence-corrected chi connectivity index (χ0v) is 20.6. The Balaban J connectivity index is 1.34. The molecule has 0 saturated heterocycles. The van der Waals surface area contributed by atoms with E-state index in [1.54, 1.807) is 16.7 Å². The Hall–Kier alpha value is -4.41. The first kappa shape index (κ1) is 24.3. The lowest BCUT2D eigenvalue weighted by Crippen LogP contribution is -2.23. The van der Waals surface area contributed by atoms with Crippen molar-refractivity contribution in [2.24, 2.45) is 5.10 Å². The highest BCUT2D eigenvalue weighted by atomic mass is 35.5. The summed E-state index contributed by atoms with van der Waals surface area (Å²) in [4.78, 5) is 17.4. The Morgan fingerprint density at radius 1 is 1.11 bits per heavy atom. The van der Waals surface area contributed by atoms with E-state index in [-0.39, 0.29) is 18.1 Å². The minimum Gasteiger partial charge on any atom is -0.487 e. The number of nitrogens with zero attached hydrogens (tertiary/aromatic N) is 5. The molecular weight excluding hydrogens is 517 g/mol. The topological polar surface area (TPSA) is 133 Å². The van der Waals surface area contributed by atoms with Crippen LogP contribution in [-0.2, 0) is 17.9 Å². The lowest BCUT2D eigenvalue weighted by atomic mass is 10.2. The van der Waals surface area contributed by atoms with Gasteiger partial charge in [-0.15, -0.1) is 0 Å². The van der Waals surface area contributed by atoms with Gasteiger partial charge in [-0.05, 0) is 40.1 Å². The largest absolute Gasteiger partial charge is 0.487 e. The predicted octanol–water partition coefficient (Wildman–Crippen LogP) is 4.70. The van der Waals surface area contributed by atoms with Gasteiger partial charge in [-0.2, -0.15) is 5.10 Å². The summed E-state index contributed by atoms with van der Waals surface area (Å²) in [6.07, 6.45) is 1.42. The molecular formula is C25H19Cl2N7O3. The van der Waals surface area contributed by atoms with Crippen LogP contribution in [-0.4, -0.2) is 32.0 Å². The number of nitrogens with one attached hydrogen (secondary N) is 1. The van der Waals surface area contributed by atoms with Crippen LogP contribution in [0.3, 0.4) is 0 Å². The van der Waals surface area contributed by atoms with E-state index >= 15 is 0 Å². The molecule has 186 valence electrons. The van der Waals surface area contributed by atoms with Crippen molar-refractivity contribution >= 4 is 52.2 Å². The number of hydrogen-bond acceptors (Lipinski definition) is 8. The number of fused-ring (bicyclic) bond motifs is 1. The molecule has 0 aliphatic rings. The second-order valence-electron chi connectivity index (χ2n) is 7.88. The van der Waals surface area contributed by atoms with Crippen molar-refractivity contribution in [2.45, 2.75) is 13.2 Å². The highest BCUT2D eigenvalue weighted by molar-refractivity contribution is 6.36. The van der Waals surface area contributed by atoms with E-state index in [1.807, 2.05) is 54.6 Å². The molecule has 37 heavy (non-hydrogen) atoms. The molecule has 1 amide bonds. The first-order chi connectivity index (χ1) is 18.0. The van der Waals surface area contributed by atoms with Crippen LogP contribution < -0.4 is 15.9 Å². The molecule has 0 radical (unpaired) electrons. The molecule has 12 heteroatoms. The van der Waals surface area contributed by atoms with Gasteiger partial charge < -0.3 is 15.0 Å². The van der Waals surface area contributed by atoms with Crippen LogP contribution in [0, 0.1) is 0 Å². The molecule has 0 fully saturated rings. The van der Waals surface area contributed by atoms with Gasteiger partial charge in [-0.1, -0.05) is 65.7 Å². The van der Waals surface area contributed by atoms with Gasteiger partial charge in [0.15, 0.2) is 17.3 Å². The number of imidazole rings is 1. The van der Waals surface area contributed by atoms with Crippen LogP contribution in [0.25, 0.3) is 22.6 Å². The number of hydrazone groups is 1. The number of nitrogens with two attached hydrogens (primary N) is 1. The molecule has 0 aliphatic heterocycles. The van der Waals surface area contributed by atoms with E-state index in [2.05, 4.69) is 25.8 Å². The van der Waals surface area contributed by atoms with Crippen molar-refractivity contribution < 1.29 is 14.2 Å². The number of anilines is 1. The molecule has 0 aliphatic carbocycles. The summed E-state index contributed by atoms with van der Waals surface area (Å²) in [6.45, 7) is 0.180. The summed E-state index contributed by atoms with van der Waals surface area (Å²) in [7, 11) is 0. The maximum absolute atomic E-state index is 12.8. The molecule has 0 spiro atoms. The third-order valence-corrected chi connectivity index (χ3v) is 5.84. The van der Waals surface area contributed by atoms with Gasteiger partial charge in [0, 0.05) is 10.6 Å². The van der Waals surface area contributed by atoms with E-state index in [9.17, 15) is 4.79 Å². The quantitative estimate of drug-likeness (QED) is 0.217. The summed E-state index contributed by atoms with van der Waals surface area (Å²) in [6, 6.07) is 20.2. The van der Waals surface area contributed by atoms with Gasteiger partial charge in [0.05, 0.1) is 22.3 Å². The van der Waals surface area contributed by atoms with Gasteiger partial charge in [0.1, 0.15) is 18.9 Å². The maximum atomic E-state index is 12.8. The molecule has 0 saturated carbocycles. The lowest BCUT2D eigenvalue weighted by Gasteiger charge is -2.12. The van der Waals surface area contributed by atoms with Crippen LogP contribution in [0.4, 0.5) is 5.82 Å². The molecule has 5 aromatic rings. The predicted molar refractivity (Wildman–Crippen MR) is 140 cm³/mol. The standard InChI is InChI=1S/C25H19Cl2N7O3/c26-17-10-16(23(18(27)11-17)36-14-15-6-2-1-3-7-15)12-29-31-21(35)13-34-20-9-5-4-8-19(20)30-25(34)22-24(28)33-37-32-22/h1-12H,13-14H2,(H2,28,33)(H,31,35)/b29-12+. The van der Waals surface area contributed by atoms with Gasteiger partial charge in [0.25, 0.3) is 5.91 Å². The number of hydrogen-bond donors (Lipinski definition) is 2. The zero-order valence-electron chi connectivity index (χ0n) is 19.1. The third-order valence-electron chi connectivity index (χ3n) is 5.34. The molecule has 2 aromatic heterocycles. The number of carbonyl (C=O) groups is 1. The number of halogens is 2. The van der Waals surface area contributed by atoms with E-state index < -0.39 is 5.91 Å². The number of aromatic nitrogens is 4. The van der Waals surface area contributed by atoms with Crippen molar-refractivity contribution in [1.29, 1.82) is 0 Å². The summed E-state index contributed by atoms with van der Waals surface area (Å²) >= 11 is 12.6. The highest BCUT2D eigenvalue weighted by Gasteiger charge is 2.20. The summed E-state index contributed by atoms with van der Waals surface area (Å²) in [5.41, 5.74) is 11.4. The fraction of sp³-hybridized carbons (Fsp3) is 0.0800. The van der Waals surface area contributed by atoms with Crippen molar-refractivity contribution in [3.05, 3.63) is 87.9 Å². The molecule has 5 rings (SSSR count). The summed E-state index contributed by atoms with van der Waals surface area (Å²) < 4.78 is 12.3. The van der Waals surface area contributed by atoms with Crippen molar-refractivity contribution in [3.63, 3.8) is 0 Å². The average molecular weight is 536 g/mol. The average Bonchev–Trinajstić information content (AvgIpc) is 3.47. The smallest absolute Gasteiger partial charge is 0.260 e. The van der Waals surface area contributed by atoms with Gasteiger partial charge in [-0.3, -0.25) is 4.79 Å². The molecule has 3 N–H and O–H groups in total. The summed E-state index contributed by atoms with van der Waals surface area (Å²) in [5, 5.41) is 12.2. The maximum Gasteiger partial charge on any atom is 0.260 e. The number of benzene rings is 3. The molecule has 2 heterocycles. The summed E-state index contributed by atoms with van der Waals surface area (Å²) in [5.74, 6) is 0.383. The molecule has 0 unspecified atom stereocenters. The number of rotatable bonds is 8. The number of ether oxygens (including phenoxy) is 1. The Morgan fingerprint density at radius 2 is 1.89 bits per heavy atom. The Bertz CT molecular complexity index is 1600. The van der Waals surface area contributed by atoms with Crippen LogP contribution in [0.1, 0.15) is 11.1 Å². The van der Waals surface area contributed by atoms with Crippen LogP contribution in [0.5, 0.6) is 5.75 Å². The number of para-hydroxylation sites is 2. The SMILES string of the molecule is Nc1nonc1-c1nc2ccccc2n1CC(=O)N/N=C/c1cc(Cl)cc(Cl)c1OCc1ccccc1. The van der Waals surface area contributed by atoms with Crippen molar-refractivity contribution in [3.8, 4) is 17.3 Å². The van der Waals surface area contributed by atoms with Crippen molar-refractivity contribution in [1.82, 2.24) is 25.3 Å². The monoisotopic (exact) mass is 535 g/mol. The minimum absolute atomic E-state index is 0.0656. The van der Waals surface area contributed by atoms with E-state index in [4.69, 9.17) is 38.3 Å². The van der Waals surface area contributed by atoms with Gasteiger partial charge >= 0.3 is 0 Å². The Labute approximate surface area is 220 Å². The van der Waals surface area contributed by atoms with E-state index in [0.717, 1.165) is 5.56 Å². The molecule has 0 atom stereocenters. The molecule has 10 nitrogen and oxygen atoms in total. The van der Waals surface area contributed by atoms with Gasteiger partial charge in [0.2, 0.25) is 0 Å². The minimum atomic E-state index is -0.421. The number of amides is 1. The van der Waals surface area contributed by atoms with Gasteiger partial charge in [-0.25, -0.2) is 15.0 Å². The second kappa shape index (κ2) is 10.7. The normalized spacial score (nSPS) is 11.3. The van der Waals surface area contributed by atoms with Crippen LogP contribution in [0.15, 0.2) is 76.5 Å². The Kier molecular flexibility index (Phi) is 7.02. The number of carbonyl (C=O) groups excluding carboxylic acids is 1. The second-order valence-corrected chi connectivity index (χ2v) is 8.73.